The monoisotopic (exact) mass is 331 g/mol. The summed E-state index contributed by atoms with van der Waals surface area (Å²) in [6.07, 6.45) is 0. The zero-order valence-electron chi connectivity index (χ0n) is 15.4. The van der Waals surface area contributed by atoms with E-state index in [-0.39, 0.29) is 11.3 Å². The van der Waals surface area contributed by atoms with E-state index in [9.17, 15) is 4.79 Å². The molecule has 2 heteroatoms. The Labute approximate surface area is 150 Å². The number of amides is 1. The van der Waals surface area contributed by atoms with Crippen LogP contribution in [0.3, 0.4) is 0 Å². The molecule has 0 bridgehead atoms. The highest BCUT2D eigenvalue weighted by Gasteiger charge is 2.16. The number of fused-ring (bicyclic) bond motifs is 1. The first-order valence-corrected chi connectivity index (χ1v) is 8.69. The quantitative estimate of drug-likeness (QED) is 0.628. The van der Waals surface area contributed by atoms with Gasteiger partial charge in [-0.25, -0.2) is 0 Å². The van der Waals surface area contributed by atoms with Crippen LogP contribution >= 0.6 is 0 Å². The zero-order valence-corrected chi connectivity index (χ0v) is 15.4. The minimum atomic E-state index is 0.0494. The predicted octanol–water partition coefficient (Wildman–Crippen LogP) is 5.41. The van der Waals surface area contributed by atoms with E-state index in [2.05, 4.69) is 57.2 Å². The van der Waals surface area contributed by atoms with Crippen molar-refractivity contribution in [3.05, 3.63) is 83.4 Å². The molecule has 128 valence electrons. The summed E-state index contributed by atoms with van der Waals surface area (Å²) < 4.78 is 0. The molecule has 0 radical (unpaired) electrons. The van der Waals surface area contributed by atoms with Crippen molar-refractivity contribution >= 4 is 16.7 Å². The summed E-state index contributed by atoms with van der Waals surface area (Å²) in [5, 5.41) is 2.41. The standard InChI is InChI=1S/C23H25NO/c1-23(2,3)20-14-12-18(13-15-20)22(25)24(4)16-19-10-7-9-17-8-5-6-11-21(17)19/h5-15H,16H2,1-4H3. The van der Waals surface area contributed by atoms with Gasteiger partial charge in [-0.1, -0.05) is 75.4 Å². The van der Waals surface area contributed by atoms with Gasteiger partial charge in [0.15, 0.2) is 0 Å². The van der Waals surface area contributed by atoms with Gasteiger partial charge in [0.1, 0.15) is 0 Å². The van der Waals surface area contributed by atoms with Gasteiger partial charge in [0, 0.05) is 19.2 Å². The van der Waals surface area contributed by atoms with Gasteiger partial charge in [-0.15, -0.1) is 0 Å². The summed E-state index contributed by atoms with van der Waals surface area (Å²) in [7, 11) is 1.86. The highest BCUT2D eigenvalue weighted by atomic mass is 16.2. The van der Waals surface area contributed by atoms with Gasteiger partial charge >= 0.3 is 0 Å². The molecule has 0 heterocycles. The van der Waals surface area contributed by atoms with Crippen LogP contribution in [0.4, 0.5) is 0 Å². The lowest BCUT2D eigenvalue weighted by Crippen LogP contribution is -2.26. The third-order valence-electron chi connectivity index (χ3n) is 4.63. The Hall–Kier alpha value is -2.61. The first-order valence-electron chi connectivity index (χ1n) is 8.69. The maximum absolute atomic E-state index is 12.8. The highest BCUT2D eigenvalue weighted by molar-refractivity contribution is 5.94. The molecule has 0 saturated carbocycles. The van der Waals surface area contributed by atoms with Crippen molar-refractivity contribution in [2.24, 2.45) is 0 Å². The second-order valence-corrected chi connectivity index (χ2v) is 7.63. The molecule has 0 unspecified atom stereocenters. The topological polar surface area (TPSA) is 20.3 Å². The lowest BCUT2D eigenvalue weighted by molar-refractivity contribution is 0.0785. The van der Waals surface area contributed by atoms with Crippen molar-refractivity contribution in [2.75, 3.05) is 7.05 Å². The first-order chi connectivity index (χ1) is 11.9. The van der Waals surface area contributed by atoms with Crippen molar-refractivity contribution in [3.8, 4) is 0 Å². The van der Waals surface area contributed by atoms with Crippen molar-refractivity contribution in [1.82, 2.24) is 4.90 Å². The van der Waals surface area contributed by atoms with Crippen LogP contribution in [0.1, 0.15) is 42.3 Å². The smallest absolute Gasteiger partial charge is 0.253 e. The molecule has 0 aliphatic carbocycles. The van der Waals surface area contributed by atoms with Crippen LogP contribution in [0, 0.1) is 0 Å². The lowest BCUT2D eigenvalue weighted by Gasteiger charge is -2.21. The van der Waals surface area contributed by atoms with Crippen LogP contribution in [-0.4, -0.2) is 17.9 Å². The SMILES string of the molecule is CN(Cc1cccc2ccccc12)C(=O)c1ccc(C(C)(C)C)cc1. The maximum Gasteiger partial charge on any atom is 0.253 e. The summed E-state index contributed by atoms with van der Waals surface area (Å²) >= 11 is 0. The molecule has 3 rings (SSSR count). The van der Waals surface area contributed by atoms with Crippen molar-refractivity contribution < 1.29 is 4.79 Å². The minimum Gasteiger partial charge on any atom is -0.337 e. The summed E-state index contributed by atoms with van der Waals surface area (Å²) in [5.74, 6) is 0.0494. The number of hydrogen-bond donors (Lipinski definition) is 0. The molecular weight excluding hydrogens is 306 g/mol. The second-order valence-electron chi connectivity index (χ2n) is 7.63. The molecule has 3 aromatic rings. The third kappa shape index (κ3) is 3.74. The van der Waals surface area contributed by atoms with E-state index in [1.54, 1.807) is 4.90 Å². The van der Waals surface area contributed by atoms with E-state index < -0.39 is 0 Å². The normalized spacial score (nSPS) is 11.5. The molecule has 1 amide bonds. The maximum atomic E-state index is 12.8. The van der Waals surface area contributed by atoms with Gasteiger partial charge in [-0.3, -0.25) is 4.79 Å². The molecule has 0 aliphatic rings. The Kier molecular flexibility index (Phi) is 4.63. The van der Waals surface area contributed by atoms with E-state index >= 15 is 0 Å². The molecule has 25 heavy (non-hydrogen) atoms. The molecule has 0 N–H and O–H groups in total. The van der Waals surface area contributed by atoms with Crippen LogP contribution in [0.5, 0.6) is 0 Å². The van der Waals surface area contributed by atoms with Crippen molar-refractivity contribution in [1.29, 1.82) is 0 Å². The number of hydrogen-bond acceptors (Lipinski definition) is 1. The average Bonchev–Trinajstić information content (AvgIpc) is 2.61. The summed E-state index contributed by atoms with van der Waals surface area (Å²) in [6.45, 7) is 7.13. The molecule has 0 saturated heterocycles. The fraction of sp³-hybridized carbons (Fsp3) is 0.261. The van der Waals surface area contributed by atoms with Crippen molar-refractivity contribution in [2.45, 2.75) is 32.7 Å². The van der Waals surface area contributed by atoms with E-state index in [1.807, 2.05) is 37.4 Å². The Balaban J connectivity index is 1.81. The van der Waals surface area contributed by atoms with Gasteiger partial charge in [0.05, 0.1) is 0 Å². The van der Waals surface area contributed by atoms with Gasteiger partial charge < -0.3 is 4.90 Å². The van der Waals surface area contributed by atoms with E-state index in [0.29, 0.717) is 6.54 Å². The van der Waals surface area contributed by atoms with Gasteiger partial charge in [-0.05, 0) is 39.4 Å². The highest BCUT2D eigenvalue weighted by Crippen LogP contribution is 2.23. The molecule has 0 spiro atoms. The van der Waals surface area contributed by atoms with Crippen LogP contribution < -0.4 is 0 Å². The first kappa shape index (κ1) is 17.2. The fourth-order valence-electron chi connectivity index (χ4n) is 3.09. The molecule has 0 atom stereocenters. The number of carbonyl (C=O) groups is 1. The van der Waals surface area contributed by atoms with Gasteiger partial charge in [0.2, 0.25) is 0 Å². The van der Waals surface area contributed by atoms with E-state index in [4.69, 9.17) is 0 Å². The number of rotatable bonds is 3. The van der Waals surface area contributed by atoms with Crippen LogP contribution in [0.15, 0.2) is 66.7 Å². The van der Waals surface area contributed by atoms with Gasteiger partial charge in [-0.2, -0.15) is 0 Å². The number of carbonyl (C=O) groups excluding carboxylic acids is 1. The molecule has 0 fully saturated rings. The summed E-state index contributed by atoms with van der Waals surface area (Å²) in [5.41, 5.74) is 3.23. The third-order valence-corrected chi connectivity index (χ3v) is 4.63. The molecule has 0 aliphatic heterocycles. The Morgan fingerprint density at radius 3 is 2.20 bits per heavy atom. The lowest BCUT2D eigenvalue weighted by atomic mass is 9.86. The van der Waals surface area contributed by atoms with Gasteiger partial charge in [0.25, 0.3) is 5.91 Å². The Morgan fingerprint density at radius 2 is 1.52 bits per heavy atom. The predicted molar refractivity (Wildman–Crippen MR) is 105 cm³/mol. The number of nitrogens with zero attached hydrogens (tertiary/aromatic N) is 1. The fourth-order valence-corrected chi connectivity index (χ4v) is 3.09. The number of benzene rings is 3. The molecule has 3 aromatic carbocycles. The van der Waals surface area contributed by atoms with E-state index in [1.165, 1.54) is 21.9 Å². The minimum absolute atomic E-state index is 0.0494. The average molecular weight is 331 g/mol. The Bertz CT molecular complexity index is 883. The van der Waals surface area contributed by atoms with Crippen LogP contribution in [0.2, 0.25) is 0 Å². The summed E-state index contributed by atoms with van der Waals surface area (Å²) in [6, 6.07) is 22.5. The molecule has 2 nitrogen and oxygen atoms in total. The second kappa shape index (κ2) is 6.72. The van der Waals surface area contributed by atoms with E-state index in [0.717, 1.165) is 5.56 Å². The van der Waals surface area contributed by atoms with Crippen LogP contribution in [-0.2, 0) is 12.0 Å². The summed E-state index contributed by atoms with van der Waals surface area (Å²) in [4.78, 5) is 14.6. The molecule has 0 aromatic heterocycles. The zero-order chi connectivity index (χ0) is 18.0. The largest absolute Gasteiger partial charge is 0.337 e. The van der Waals surface area contributed by atoms with Crippen LogP contribution in [0.25, 0.3) is 10.8 Å². The van der Waals surface area contributed by atoms with Crippen molar-refractivity contribution in [3.63, 3.8) is 0 Å². The molecular formula is C23H25NO. The Morgan fingerprint density at radius 1 is 0.880 bits per heavy atom.